The van der Waals surface area contributed by atoms with E-state index in [1.165, 1.54) is 32.5 Å². The molecule has 0 aromatic heterocycles. The lowest BCUT2D eigenvalue weighted by molar-refractivity contribution is 0.0721. The summed E-state index contributed by atoms with van der Waals surface area (Å²) in [5, 5.41) is 0. The van der Waals surface area contributed by atoms with E-state index in [0.29, 0.717) is 6.04 Å². The molecule has 0 aromatic carbocycles. The summed E-state index contributed by atoms with van der Waals surface area (Å²) >= 11 is 0. The highest BCUT2D eigenvalue weighted by molar-refractivity contribution is 4.90. The van der Waals surface area contributed by atoms with Gasteiger partial charge in [-0.25, -0.2) is 0 Å². The van der Waals surface area contributed by atoms with E-state index in [2.05, 4.69) is 51.6 Å². The molecule has 1 rings (SSSR count). The maximum absolute atomic E-state index is 6.38. The van der Waals surface area contributed by atoms with Crippen molar-refractivity contribution in [2.45, 2.75) is 59.0 Å². The summed E-state index contributed by atoms with van der Waals surface area (Å²) in [4.78, 5) is 4.97. The van der Waals surface area contributed by atoms with Gasteiger partial charge in [-0.2, -0.15) is 0 Å². The van der Waals surface area contributed by atoms with Gasteiger partial charge in [0.25, 0.3) is 0 Å². The van der Waals surface area contributed by atoms with Crippen molar-refractivity contribution in [2.24, 2.45) is 17.1 Å². The lowest BCUT2D eigenvalue weighted by Crippen LogP contribution is -2.54. The molecule has 114 valence electrons. The van der Waals surface area contributed by atoms with Gasteiger partial charge in [0.2, 0.25) is 0 Å². The second-order valence-electron chi connectivity index (χ2n) is 7.57. The van der Waals surface area contributed by atoms with Gasteiger partial charge < -0.3 is 15.5 Å². The van der Waals surface area contributed by atoms with Crippen molar-refractivity contribution in [3.05, 3.63) is 0 Å². The number of rotatable bonds is 5. The number of hydrogen-bond donors (Lipinski definition) is 1. The Balaban J connectivity index is 2.59. The third kappa shape index (κ3) is 5.05. The van der Waals surface area contributed by atoms with Crippen LogP contribution in [0.4, 0.5) is 0 Å². The second kappa shape index (κ2) is 7.05. The monoisotopic (exact) mass is 269 g/mol. The molecule has 3 nitrogen and oxygen atoms in total. The zero-order valence-corrected chi connectivity index (χ0v) is 13.9. The van der Waals surface area contributed by atoms with Crippen molar-refractivity contribution >= 4 is 0 Å². The first-order valence-electron chi connectivity index (χ1n) is 7.90. The zero-order chi connectivity index (χ0) is 14.6. The minimum atomic E-state index is 0.246. The summed E-state index contributed by atoms with van der Waals surface area (Å²) in [6, 6.07) is 0.744. The maximum Gasteiger partial charge on any atom is 0.0292 e. The fourth-order valence-corrected chi connectivity index (χ4v) is 3.62. The normalized spacial score (nSPS) is 22.7. The summed E-state index contributed by atoms with van der Waals surface area (Å²) in [5.74, 6) is 0.843. The van der Waals surface area contributed by atoms with Gasteiger partial charge in [-0.15, -0.1) is 0 Å². The van der Waals surface area contributed by atoms with E-state index in [1.807, 2.05) is 0 Å². The fraction of sp³-hybridized carbons (Fsp3) is 1.00. The molecule has 2 N–H and O–H groups in total. The van der Waals surface area contributed by atoms with Crippen LogP contribution in [-0.4, -0.2) is 55.6 Å². The highest BCUT2D eigenvalue weighted by Crippen LogP contribution is 2.28. The first-order chi connectivity index (χ1) is 8.75. The largest absolute Gasteiger partial charge is 0.326 e. The predicted octanol–water partition coefficient (Wildman–Crippen LogP) is 2.41. The zero-order valence-electron chi connectivity index (χ0n) is 13.9. The summed E-state index contributed by atoms with van der Waals surface area (Å²) in [6.07, 6.45) is 3.72. The Bertz CT molecular complexity index is 251. The molecule has 0 radical (unpaired) electrons. The minimum Gasteiger partial charge on any atom is -0.326 e. The number of likely N-dealkylation sites (tertiary alicyclic amines) is 1. The molecular formula is C16H35N3. The van der Waals surface area contributed by atoms with Crippen LogP contribution >= 0.6 is 0 Å². The molecule has 1 fully saturated rings. The van der Waals surface area contributed by atoms with Gasteiger partial charge >= 0.3 is 0 Å². The van der Waals surface area contributed by atoms with Crippen LogP contribution in [-0.2, 0) is 0 Å². The first kappa shape index (κ1) is 16.9. The van der Waals surface area contributed by atoms with Crippen LogP contribution in [0, 0.1) is 11.3 Å². The number of piperidine rings is 1. The third-order valence-electron chi connectivity index (χ3n) is 4.62. The van der Waals surface area contributed by atoms with Gasteiger partial charge in [-0.05, 0) is 57.8 Å². The minimum absolute atomic E-state index is 0.246. The SMILES string of the molecule is CCC(N)C(N(C)CC1CCN(C)CC1)C(C)(C)C. The quantitative estimate of drug-likeness (QED) is 0.832. The summed E-state index contributed by atoms with van der Waals surface area (Å²) in [5.41, 5.74) is 6.63. The van der Waals surface area contributed by atoms with Crippen molar-refractivity contribution in [3.63, 3.8) is 0 Å². The average Bonchev–Trinajstić information content (AvgIpc) is 2.30. The van der Waals surface area contributed by atoms with Crippen LogP contribution in [0.1, 0.15) is 47.0 Å². The van der Waals surface area contributed by atoms with Crippen LogP contribution in [0.2, 0.25) is 0 Å². The third-order valence-corrected chi connectivity index (χ3v) is 4.62. The molecule has 0 bridgehead atoms. The van der Waals surface area contributed by atoms with Crippen LogP contribution in [0.25, 0.3) is 0 Å². The number of likely N-dealkylation sites (N-methyl/N-ethyl adjacent to an activating group) is 1. The van der Waals surface area contributed by atoms with E-state index in [4.69, 9.17) is 5.73 Å². The Morgan fingerprint density at radius 3 is 2.21 bits per heavy atom. The van der Waals surface area contributed by atoms with Crippen LogP contribution in [0.15, 0.2) is 0 Å². The Kier molecular flexibility index (Phi) is 6.28. The van der Waals surface area contributed by atoms with Gasteiger partial charge in [-0.1, -0.05) is 27.7 Å². The lowest BCUT2D eigenvalue weighted by atomic mass is 9.80. The van der Waals surface area contributed by atoms with Crippen molar-refractivity contribution in [3.8, 4) is 0 Å². The maximum atomic E-state index is 6.38. The molecule has 19 heavy (non-hydrogen) atoms. The molecule has 2 atom stereocenters. The average molecular weight is 269 g/mol. The summed E-state index contributed by atoms with van der Waals surface area (Å²) in [6.45, 7) is 12.8. The molecule has 1 aliphatic rings. The predicted molar refractivity (Wildman–Crippen MR) is 84.4 cm³/mol. The van der Waals surface area contributed by atoms with E-state index in [0.717, 1.165) is 12.3 Å². The highest BCUT2D eigenvalue weighted by atomic mass is 15.2. The Labute approximate surface area is 120 Å². The van der Waals surface area contributed by atoms with Gasteiger partial charge in [0.05, 0.1) is 0 Å². The Morgan fingerprint density at radius 1 is 1.26 bits per heavy atom. The standard InChI is InChI=1S/C16H35N3/c1-7-14(17)15(16(2,3)4)19(6)12-13-8-10-18(5)11-9-13/h13-15H,7-12,17H2,1-6H3. The van der Waals surface area contributed by atoms with Crippen LogP contribution < -0.4 is 5.73 Å². The first-order valence-corrected chi connectivity index (χ1v) is 7.90. The Hall–Kier alpha value is -0.120. The molecule has 0 aliphatic carbocycles. The number of nitrogens with zero attached hydrogens (tertiary/aromatic N) is 2. The lowest BCUT2D eigenvalue weighted by Gasteiger charge is -2.43. The smallest absolute Gasteiger partial charge is 0.0292 e. The molecule has 0 aromatic rings. The molecule has 0 spiro atoms. The van der Waals surface area contributed by atoms with Crippen LogP contribution in [0.5, 0.6) is 0 Å². The van der Waals surface area contributed by atoms with Gasteiger partial charge in [-0.3, -0.25) is 0 Å². The molecule has 2 unspecified atom stereocenters. The van der Waals surface area contributed by atoms with Gasteiger partial charge in [0, 0.05) is 18.6 Å². The molecular weight excluding hydrogens is 234 g/mol. The van der Waals surface area contributed by atoms with E-state index in [9.17, 15) is 0 Å². The number of nitrogens with two attached hydrogens (primary N) is 1. The molecule has 1 aliphatic heterocycles. The van der Waals surface area contributed by atoms with Gasteiger partial charge in [0.1, 0.15) is 0 Å². The topological polar surface area (TPSA) is 32.5 Å². The van der Waals surface area contributed by atoms with Crippen molar-refractivity contribution in [1.82, 2.24) is 9.80 Å². The second-order valence-corrected chi connectivity index (χ2v) is 7.57. The van der Waals surface area contributed by atoms with E-state index >= 15 is 0 Å². The molecule has 1 saturated heterocycles. The van der Waals surface area contributed by atoms with Crippen LogP contribution in [0.3, 0.4) is 0 Å². The summed E-state index contributed by atoms with van der Waals surface area (Å²) in [7, 11) is 4.49. The molecule has 3 heteroatoms. The fourth-order valence-electron chi connectivity index (χ4n) is 3.62. The van der Waals surface area contributed by atoms with E-state index in [1.54, 1.807) is 0 Å². The van der Waals surface area contributed by atoms with Gasteiger partial charge in [0.15, 0.2) is 0 Å². The molecule has 1 heterocycles. The molecule has 0 amide bonds. The van der Waals surface area contributed by atoms with Crippen molar-refractivity contribution < 1.29 is 0 Å². The number of hydrogen-bond acceptors (Lipinski definition) is 3. The highest BCUT2D eigenvalue weighted by Gasteiger charge is 2.33. The van der Waals surface area contributed by atoms with E-state index < -0.39 is 0 Å². The Morgan fingerprint density at radius 2 is 1.79 bits per heavy atom. The van der Waals surface area contributed by atoms with Crippen molar-refractivity contribution in [1.29, 1.82) is 0 Å². The molecule has 0 saturated carbocycles. The summed E-state index contributed by atoms with van der Waals surface area (Å²) < 4.78 is 0. The van der Waals surface area contributed by atoms with E-state index in [-0.39, 0.29) is 11.5 Å². The van der Waals surface area contributed by atoms with Crippen molar-refractivity contribution in [2.75, 3.05) is 33.7 Å².